The molecule has 1 aromatic heterocycles. The molecule has 1 aliphatic heterocycles. The standard InChI is InChI=1S/C17H20N2O2S2/c1-12-5-7-14(8-6-12)23(20,21)19-9-3-4-16(19)15-11-18-17(22)10-13(15)2/h5-8,10-11,16H,3-4,9H2,1-2H3,(H,18,22). The van der Waals surface area contributed by atoms with Gasteiger partial charge in [-0.25, -0.2) is 8.42 Å². The third kappa shape index (κ3) is 3.11. The Hall–Kier alpha value is -1.50. The lowest BCUT2D eigenvalue weighted by molar-refractivity contribution is 0.395. The molecule has 4 nitrogen and oxygen atoms in total. The van der Waals surface area contributed by atoms with E-state index in [1.165, 1.54) is 0 Å². The molecule has 0 spiro atoms. The first kappa shape index (κ1) is 16.4. The summed E-state index contributed by atoms with van der Waals surface area (Å²) in [5.74, 6) is 0. The van der Waals surface area contributed by atoms with Crippen LogP contribution in [0, 0.1) is 18.5 Å². The van der Waals surface area contributed by atoms with Gasteiger partial charge in [-0.3, -0.25) is 0 Å². The number of H-pyrrole nitrogens is 1. The van der Waals surface area contributed by atoms with E-state index in [1.54, 1.807) is 16.4 Å². The fourth-order valence-electron chi connectivity index (χ4n) is 3.13. The van der Waals surface area contributed by atoms with Gasteiger partial charge in [-0.1, -0.05) is 29.9 Å². The fourth-order valence-corrected chi connectivity index (χ4v) is 5.04. The molecule has 23 heavy (non-hydrogen) atoms. The van der Waals surface area contributed by atoms with Crippen molar-refractivity contribution < 1.29 is 8.42 Å². The van der Waals surface area contributed by atoms with Gasteiger partial charge >= 0.3 is 0 Å². The highest BCUT2D eigenvalue weighted by molar-refractivity contribution is 7.89. The minimum Gasteiger partial charge on any atom is -0.353 e. The molecule has 0 radical (unpaired) electrons. The van der Waals surface area contributed by atoms with Crippen LogP contribution in [0.2, 0.25) is 0 Å². The second-order valence-corrected chi connectivity index (χ2v) is 8.35. The van der Waals surface area contributed by atoms with Crippen molar-refractivity contribution in [3.63, 3.8) is 0 Å². The van der Waals surface area contributed by atoms with Crippen LogP contribution in [0.25, 0.3) is 0 Å². The Morgan fingerprint density at radius 3 is 2.57 bits per heavy atom. The second kappa shape index (κ2) is 6.19. The third-order valence-electron chi connectivity index (χ3n) is 4.36. The van der Waals surface area contributed by atoms with E-state index in [2.05, 4.69) is 4.98 Å². The van der Waals surface area contributed by atoms with E-state index >= 15 is 0 Å². The summed E-state index contributed by atoms with van der Waals surface area (Å²) in [4.78, 5) is 3.39. The van der Waals surface area contributed by atoms with Crippen LogP contribution in [-0.2, 0) is 10.0 Å². The number of hydrogen-bond donors (Lipinski definition) is 1. The molecule has 2 aromatic rings. The fraction of sp³-hybridized carbons (Fsp3) is 0.353. The zero-order chi connectivity index (χ0) is 16.6. The molecular weight excluding hydrogens is 328 g/mol. The minimum absolute atomic E-state index is 0.131. The molecule has 1 N–H and O–H groups in total. The number of aromatic nitrogens is 1. The first-order valence-electron chi connectivity index (χ1n) is 7.67. The first-order valence-corrected chi connectivity index (χ1v) is 9.52. The van der Waals surface area contributed by atoms with Crippen molar-refractivity contribution in [3.8, 4) is 0 Å². The van der Waals surface area contributed by atoms with Crippen LogP contribution in [0.4, 0.5) is 0 Å². The molecule has 2 heterocycles. The van der Waals surface area contributed by atoms with Gasteiger partial charge in [-0.05, 0) is 56.0 Å². The number of pyridine rings is 1. The van der Waals surface area contributed by atoms with E-state index in [4.69, 9.17) is 12.2 Å². The highest BCUT2D eigenvalue weighted by Gasteiger charge is 2.36. The Morgan fingerprint density at radius 2 is 1.91 bits per heavy atom. The molecule has 6 heteroatoms. The molecule has 3 rings (SSSR count). The summed E-state index contributed by atoms with van der Waals surface area (Å²) in [6, 6.07) is 8.80. The predicted octanol–water partition coefficient (Wildman–Crippen LogP) is 3.89. The number of aryl methyl sites for hydroxylation is 2. The summed E-state index contributed by atoms with van der Waals surface area (Å²) in [6.45, 7) is 4.48. The van der Waals surface area contributed by atoms with Gasteiger partial charge in [0.25, 0.3) is 0 Å². The SMILES string of the molecule is Cc1ccc(S(=O)(=O)N2CCCC2c2c[nH]c(=S)cc2C)cc1. The number of nitrogens with zero attached hydrogens (tertiary/aromatic N) is 1. The topological polar surface area (TPSA) is 53.2 Å². The Labute approximate surface area is 142 Å². The van der Waals surface area contributed by atoms with Gasteiger partial charge in [0.1, 0.15) is 4.64 Å². The molecule has 1 atom stereocenters. The summed E-state index contributed by atoms with van der Waals surface area (Å²) in [5.41, 5.74) is 3.09. The number of sulfonamides is 1. The Balaban J connectivity index is 2.01. The highest BCUT2D eigenvalue weighted by atomic mass is 32.2. The second-order valence-electron chi connectivity index (χ2n) is 6.02. The number of hydrogen-bond acceptors (Lipinski definition) is 3. The van der Waals surface area contributed by atoms with E-state index in [0.29, 0.717) is 16.1 Å². The van der Waals surface area contributed by atoms with Crippen LogP contribution >= 0.6 is 12.2 Å². The van der Waals surface area contributed by atoms with Crippen molar-refractivity contribution >= 4 is 22.2 Å². The average Bonchev–Trinajstić information content (AvgIpc) is 2.97. The van der Waals surface area contributed by atoms with Crippen LogP contribution in [0.1, 0.15) is 35.6 Å². The third-order valence-corrected chi connectivity index (χ3v) is 6.52. The summed E-state index contributed by atoms with van der Waals surface area (Å²) in [6.07, 6.45) is 3.55. The molecule has 1 unspecified atom stereocenters. The quantitative estimate of drug-likeness (QED) is 0.856. The van der Waals surface area contributed by atoms with Crippen molar-refractivity contribution in [2.45, 2.75) is 37.6 Å². The lowest BCUT2D eigenvalue weighted by atomic mass is 10.0. The number of aromatic amines is 1. The minimum atomic E-state index is -3.49. The van der Waals surface area contributed by atoms with Crippen molar-refractivity contribution in [3.05, 3.63) is 57.9 Å². The van der Waals surface area contributed by atoms with E-state index in [1.807, 2.05) is 38.2 Å². The largest absolute Gasteiger partial charge is 0.353 e. The maximum absolute atomic E-state index is 13.0. The number of nitrogens with one attached hydrogen (secondary N) is 1. The van der Waals surface area contributed by atoms with Crippen LogP contribution in [0.5, 0.6) is 0 Å². The van der Waals surface area contributed by atoms with Crippen LogP contribution in [-0.4, -0.2) is 24.3 Å². The summed E-state index contributed by atoms with van der Waals surface area (Å²) in [5, 5.41) is 0. The lowest BCUT2D eigenvalue weighted by Gasteiger charge is -2.25. The van der Waals surface area contributed by atoms with Gasteiger partial charge in [0.15, 0.2) is 0 Å². The maximum Gasteiger partial charge on any atom is 0.243 e. The monoisotopic (exact) mass is 348 g/mol. The van der Waals surface area contributed by atoms with Crippen molar-refractivity contribution in [2.24, 2.45) is 0 Å². The lowest BCUT2D eigenvalue weighted by Crippen LogP contribution is -2.31. The molecule has 0 bridgehead atoms. The molecule has 0 aliphatic carbocycles. The molecule has 0 saturated carbocycles. The van der Waals surface area contributed by atoms with Gasteiger partial charge in [-0.2, -0.15) is 4.31 Å². The van der Waals surface area contributed by atoms with Gasteiger partial charge in [-0.15, -0.1) is 0 Å². The molecule has 122 valence electrons. The van der Waals surface area contributed by atoms with Gasteiger partial charge < -0.3 is 4.98 Å². The van der Waals surface area contributed by atoms with E-state index in [0.717, 1.165) is 29.5 Å². The smallest absolute Gasteiger partial charge is 0.243 e. The average molecular weight is 348 g/mol. The number of rotatable bonds is 3. The van der Waals surface area contributed by atoms with E-state index in [9.17, 15) is 8.42 Å². The van der Waals surface area contributed by atoms with Crippen LogP contribution in [0.15, 0.2) is 41.4 Å². The summed E-state index contributed by atoms with van der Waals surface area (Å²) >= 11 is 5.14. The normalized spacial score (nSPS) is 19.1. The molecule has 0 amide bonds. The van der Waals surface area contributed by atoms with E-state index in [-0.39, 0.29) is 6.04 Å². The summed E-state index contributed by atoms with van der Waals surface area (Å²) in [7, 11) is -3.49. The van der Waals surface area contributed by atoms with Crippen LogP contribution < -0.4 is 0 Å². The number of benzene rings is 1. The molecule has 1 aliphatic rings. The zero-order valence-electron chi connectivity index (χ0n) is 13.2. The highest BCUT2D eigenvalue weighted by Crippen LogP contribution is 2.37. The Bertz CT molecular complexity index is 870. The Morgan fingerprint density at radius 1 is 1.22 bits per heavy atom. The van der Waals surface area contributed by atoms with Crippen LogP contribution in [0.3, 0.4) is 0 Å². The van der Waals surface area contributed by atoms with Crippen molar-refractivity contribution in [2.75, 3.05) is 6.54 Å². The Kier molecular flexibility index (Phi) is 4.40. The van der Waals surface area contributed by atoms with Crippen molar-refractivity contribution in [1.82, 2.24) is 9.29 Å². The molecule has 1 fully saturated rings. The van der Waals surface area contributed by atoms with E-state index < -0.39 is 10.0 Å². The first-order chi connectivity index (χ1) is 10.9. The van der Waals surface area contributed by atoms with Crippen molar-refractivity contribution in [1.29, 1.82) is 0 Å². The molecule has 1 saturated heterocycles. The summed E-state index contributed by atoms with van der Waals surface area (Å²) < 4.78 is 28.3. The predicted molar refractivity (Wildman–Crippen MR) is 93.4 cm³/mol. The zero-order valence-corrected chi connectivity index (χ0v) is 14.9. The molecular formula is C17H20N2O2S2. The van der Waals surface area contributed by atoms with Gasteiger partial charge in [0.05, 0.1) is 10.9 Å². The maximum atomic E-state index is 13.0. The van der Waals surface area contributed by atoms with Gasteiger partial charge in [0, 0.05) is 12.7 Å². The van der Waals surface area contributed by atoms with Gasteiger partial charge in [0.2, 0.25) is 10.0 Å². The molecule has 1 aromatic carbocycles.